The first-order valence-corrected chi connectivity index (χ1v) is 8.60. The number of fused-ring (bicyclic) bond motifs is 1. The lowest BCUT2D eigenvalue weighted by Gasteiger charge is -2.24. The molecule has 9 heteroatoms. The number of rotatable bonds is 3. The minimum Gasteiger partial charge on any atom is -0.460 e. The first-order valence-electron chi connectivity index (χ1n) is 8.60. The van der Waals surface area contributed by atoms with Crippen LogP contribution in [0, 0.1) is 0 Å². The van der Waals surface area contributed by atoms with Gasteiger partial charge in [0.15, 0.2) is 23.2 Å². The van der Waals surface area contributed by atoms with Gasteiger partial charge >= 0.3 is 6.01 Å². The van der Waals surface area contributed by atoms with Crippen molar-refractivity contribution in [3.8, 4) is 6.01 Å². The van der Waals surface area contributed by atoms with Crippen LogP contribution in [0.25, 0.3) is 11.2 Å². The van der Waals surface area contributed by atoms with Gasteiger partial charge in [0.1, 0.15) is 17.8 Å². The number of anilines is 1. The molecule has 0 spiro atoms. The van der Waals surface area contributed by atoms with Crippen molar-refractivity contribution in [2.75, 3.05) is 5.73 Å². The molecular weight excluding hydrogens is 326 g/mol. The normalized spacial score (nSPS) is 33.4. The Morgan fingerprint density at radius 1 is 1.36 bits per heavy atom. The topological polar surface area (TPSA) is 129 Å². The summed E-state index contributed by atoms with van der Waals surface area (Å²) in [4.78, 5) is 12.8. The van der Waals surface area contributed by atoms with E-state index < -0.39 is 24.0 Å². The largest absolute Gasteiger partial charge is 0.460 e. The average Bonchev–Trinajstić information content (AvgIpc) is 3.25. The third kappa shape index (κ3) is 2.62. The van der Waals surface area contributed by atoms with Crippen LogP contribution in [0.4, 0.5) is 5.82 Å². The van der Waals surface area contributed by atoms with Crippen molar-refractivity contribution >= 4 is 17.0 Å². The summed E-state index contributed by atoms with van der Waals surface area (Å²) in [6.45, 7) is 3.25. The highest BCUT2D eigenvalue weighted by Crippen LogP contribution is 2.38. The zero-order valence-electron chi connectivity index (χ0n) is 14.3. The Morgan fingerprint density at radius 2 is 2.08 bits per heavy atom. The molecule has 1 saturated heterocycles. The number of aromatic nitrogens is 4. The van der Waals surface area contributed by atoms with E-state index in [2.05, 4.69) is 15.0 Å². The second kappa shape index (κ2) is 5.79. The molecule has 2 fully saturated rings. The molecule has 0 bridgehead atoms. The van der Waals surface area contributed by atoms with E-state index >= 15 is 0 Å². The molecule has 1 aliphatic carbocycles. The average molecular weight is 349 g/mol. The van der Waals surface area contributed by atoms with E-state index in [9.17, 15) is 10.2 Å². The number of hydrogen-bond donors (Lipinski definition) is 3. The number of nitrogens with zero attached hydrogens (tertiary/aromatic N) is 4. The molecule has 4 atom stereocenters. The van der Waals surface area contributed by atoms with Gasteiger partial charge in [-0.3, -0.25) is 4.57 Å². The van der Waals surface area contributed by atoms with Gasteiger partial charge in [-0.1, -0.05) is 0 Å². The molecule has 0 unspecified atom stereocenters. The second-order valence-corrected chi connectivity index (χ2v) is 7.08. The van der Waals surface area contributed by atoms with Crippen LogP contribution in [0.3, 0.4) is 0 Å². The maximum atomic E-state index is 10.5. The van der Waals surface area contributed by atoms with Crippen LogP contribution >= 0.6 is 0 Å². The maximum absolute atomic E-state index is 10.5. The molecule has 3 heterocycles. The molecule has 2 aromatic heterocycles. The summed E-state index contributed by atoms with van der Waals surface area (Å²) in [6.07, 6.45) is 3.32. The van der Waals surface area contributed by atoms with Crippen LogP contribution in [0.1, 0.15) is 45.8 Å². The van der Waals surface area contributed by atoms with Crippen molar-refractivity contribution < 1.29 is 19.7 Å². The fourth-order valence-corrected chi connectivity index (χ4v) is 3.48. The monoisotopic (exact) mass is 349 g/mol. The van der Waals surface area contributed by atoms with Gasteiger partial charge in [-0.05, 0) is 39.5 Å². The minimum atomic E-state index is -1.37. The van der Waals surface area contributed by atoms with Crippen molar-refractivity contribution in [2.24, 2.45) is 0 Å². The minimum absolute atomic E-state index is 0.0993. The Balaban J connectivity index is 1.71. The van der Waals surface area contributed by atoms with Crippen molar-refractivity contribution in [2.45, 2.75) is 69.7 Å². The number of aliphatic hydroxyl groups is 2. The molecule has 2 aromatic rings. The molecular formula is C16H23N5O4. The predicted molar refractivity (Wildman–Crippen MR) is 88.8 cm³/mol. The zero-order valence-corrected chi connectivity index (χ0v) is 14.3. The molecule has 0 amide bonds. The first kappa shape index (κ1) is 16.5. The van der Waals surface area contributed by atoms with E-state index in [1.807, 2.05) is 0 Å². The molecule has 4 N–H and O–H groups in total. The molecule has 4 rings (SSSR count). The molecule has 2 aliphatic rings. The van der Waals surface area contributed by atoms with Gasteiger partial charge in [0.25, 0.3) is 0 Å². The third-order valence-corrected chi connectivity index (χ3v) is 5.31. The standard InChI is InChI=1S/C16H23N5O4/c1-8-16(2,23)11(22)14(24-8)21-7-18-10-12(17)19-15(20-13(10)21)25-9-5-3-4-6-9/h7-9,11,14,22-23H,3-6H2,1-2H3,(H2,17,19,20)/t8-,11+,14-,16+/m1/s1. The number of hydrogen-bond acceptors (Lipinski definition) is 8. The highest BCUT2D eigenvalue weighted by atomic mass is 16.6. The molecule has 0 aromatic carbocycles. The fraction of sp³-hybridized carbons (Fsp3) is 0.688. The van der Waals surface area contributed by atoms with Crippen molar-refractivity contribution in [1.29, 1.82) is 0 Å². The summed E-state index contributed by atoms with van der Waals surface area (Å²) in [5.41, 5.74) is 5.45. The number of nitrogen functional groups attached to an aromatic ring is 1. The molecule has 136 valence electrons. The van der Waals surface area contributed by atoms with Gasteiger partial charge in [-0.25, -0.2) is 4.98 Å². The molecule has 25 heavy (non-hydrogen) atoms. The zero-order chi connectivity index (χ0) is 17.8. The summed E-state index contributed by atoms with van der Waals surface area (Å²) in [7, 11) is 0. The number of aliphatic hydroxyl groups excluding tert-OH is 1. The van der Waals surface area contributed by atoms with Crippen LogP contribution in [-0.2, 0) is 4.74 Å². The third-order valence-electron chi connectivity index (χ3n) is 5.31. The highest BCUT2D eigenvalue weighted by molar-refractivity contribution is 5.82. The van der Waals surface area contributed by atoms with Gasteiger partial charge in [0.05, 0.1) is 12.4 Å². The van der Waals surface area contributed by atoms with Gasteiger partial charge in [-0.15, -0.1) is 0 Å². The van der Waals surface area contributed by atoms with Crippen LogP contribution in [-0.4, -0.2) is 53.6 Å². The van der Waals surface area contributed by atoms with E-state index in [-0.39, 0.29) is 17.9 Å². The summed E-state index contributed by atoms with van der Waals surface area (Å²) in [5.74, 6) is 0.212. The Labute approximate surface area is 144 Å². The van der Waals surface area contributed by atoms with Gasteiger partial charge in [-0.2, -0.15) is 9.97 Å². The van der Waals surface area contributed by atoms with E-state index in [0.29, 0.717) is 11.2 Å². The molecule has 1 aliphatic heterocycles. The van der Waals surface area contributed by atoms with Gasteiger partial charge < -0.3 is 25.4 Å². The first-order chi connectivity index (χ1) is 11.9. The van der Waals surface area contributed by atoms with Crippen LogP contribution in [0.15, 0.2) is 6.33 Å². The SMILES string of the molecule is C[C@H]1O[C@@H](n2cnc3c(N)nc(OC4CCCC4)nc32)[C@H](O)[C@@]1(C)O. The highest BCUT2D eigenvalue weighted by Gasteiger charge is 2.51. The summed E-state index contributed by atoms with van der Waals surface area (Å²) in [6, 6.07) is 0.200. The maximum Gasteiger partial charge on any atom is 0.320 e. The van der Waals surface area contributed by atoms with Crippen LogP contribution in [0.5, 0.6) is 6.01 Å². The summed E-state index contributed by atoms with van der Waals surface area (Å²) >= 11 is 0. The van der Waals surface area contributed by atoms with E-state index in [4.69, 9.17) is 15.2 Å². The quantitative estimate of drug-likeness (QED) is 0.741. The number of nitrogens with two attached hydrogens (primary N) is 1. The van der Waals surface area contributed by atoms with E-state index in [1.54, 1.807) is 18.4 Å². The predicted octanol–water partition coefficient (Wildman–Crippen LogP) is 0.759. The lowest BCUT2D eigenvalue weighted by atomic mass is 9.96. The molecule has 9 nitrogen and oxygen atoms in total. The smallest absolute Gasteiger partial charge is 0.320 e. The van der Waals surface area contributed by atoms with Crippen molar-refractivity contribution in [1.82, 2.24) is 19.5 Å². The Morgan fingerprint density at radius 3 is 2.72 bits per heavy atom. The van der Waals surface area contributed by atoms with Gasteiger partial charge in [0, 0.05) is 0 Å². The Hall–Kier alpha value is -1.97. The van der Waals surface area contributed by atoms with Crippen LogP contribution in [0.2, 0.25) is 0 Å². The number of imidazole rings is 1. The van der Waals surface area contributed by atoms with Gasteiger partial charge in [0.2, 0.25) is 0 Å². The molecule has 1 saturated carbocycles. The lowest BCUT2D eigenvalue weighted by Crippen LogP contribution is -2.43. The number of ether oxygens (including phenoxy) is 2. The summed E-state index contributed by atoms with van der Waals surface area (Å²) < 4.78 is 13.1. The lowest BCUT2D eigenvalue weighted by molar-refractivity contribution is -0.0579. The van der Waals surface area contributed by atoms with Crippen molar-refractivity contribution in [3.63, 3.8) is 0 Å². The molecule has 0 radical (unpaired) electrons. The van der Waals surface area contributed by atoms with Crippen LogP contribution < -0.4 is 10.5 Å². The Kier molecular flexibility index (Phi) is 3.82. The Bertz CT molecular complexity index is 786. The van der Waals surface area contributed by atoms with Crippen molar-refractivity contribution in [3.05, 3.63) is 6.33 Å². The second-order valence-electron chi connectivity index (χ2n) is 7.08. The van der Waals surface area contributed by atoms with E-state index in [0.717, 1.165) is 25.7 Å². The fourth-order valence-electron chi connectivity index (χ4n) is 3.48. The van der Waals surface area contributed by atoms with E-state index in [1.165, 1.54) is 6.33 Å². The summed E-state index contributed by atoms with van der Waals surface area (Å²) in [5, 5.41) is 20.8.